The van der Waals surface area contributed by atoms with Crippen LogP contribution in [0.25, 0.3) is 0 Å². The number of likely N-dealkylation sites (N-methyl/N-ethyl adjacent to an activating group) is 1. The van der Waals surface area contributed by atoms with Crippen molar-refractivity contribution >= 4 is 26.0 Å². The molecular formula is C12H20BrN3O3S. The van der Waals surface area contributed by atoms with Gasteiger partial charge >= 0.3 is 0 Å². The molecule has 0 radical (unpaired) electrons. The average Bonchev–Trinajstić information content (AvgIpc) is 3.17. The molecule has 0 spiro atoms. The van der Waals surface area contributed by atoms with E-state index in [0.717, 1.165) is 0 Å². The number of nitrogens with zero attached hydrogens (tertiary/aromatic N) is 1. The Kier molecular flexibility index (Phi) is 4.91. The van der Waals surface area contributed by atoms with Crippen molar-refractivity contribution in [1.82, 2.24) is 9.62 Å². The van der Waals surface area contributed by atoms with E-state index in [4.69, 9.17) is 10.2 Å². The second kappa shape index (κ2) is 6.15. The molecule has 1 atom stereocenters. The van der Waals surface area contributed by atoms with Gasteiger partial charge in [0.2, 0.25) is 10.0 Å². The van der Waals surface area contributed by atoms with Gasteiger partial charge in [0.25, 0.3) is 0 Å². The van der Waals surface area contributed by atoms with E-state index in [1.54, 1.807) is 0 Å². The monoisotopic (exact) mass is 365 g/mol. The Morgan fingerprint density at radius 1 is 1.60 bits per heavy atom. The third-order valence-electron chi connectivity index (χ3n) is 3.58. The quantitative estimate of drug-likeness (QED) is 0.759. The molecule has 20 heavy (non-hydrogen) atoms. The third kappa shape index (κ3) is 3.62. The van der Waals surface area contributed by atoms with Crippen LogP contribution in [0.5, 0.6) is 0 Å². The molecule has 2 rings (SSSR count). The minimum Gasteiger partial charge on any atom is -0.452 e. The van der Waals surface area contributed by atoms with Crippen LogP contribution < -0.4 is 10.5 Å². The standard InChI is InChI=1S/C12H20BrN3O3S/c1-8(16(2)9-3-4-9)7-15-20(17,18)11-5-10(6-14)19-12(11)13/h5,8-9,15H,3-4,6-7,14H2,1-2H3. The van der Waals surface area contributed by atoms with E-state index >= 15 is 0 Å². The van der Waals surface area contributed by atoms with Gasteiger partial charge in [-0.05, 0) is 42.7 Å². The maximum atomic E-state index is 12.2. The smallest absolute Gasteiger partial charge is 0.245 e. The number of rotatable bonds is 7. The van der Waals surface area contributed by atoms with Crippen molar-refractivity contribution in [3.05, 3.63) is 16.5 Å². The summed E-state index contributed by atoms with van der Waals surface area (Å²) in [5.74, 6) is 0.431. The summed E-state index contributed by atoms with van der Waals surface area (Å²) in [6.45, 7) is 2.54. The van der Waals surface area contributed by atoms with Crippen LogP contribution in [0.4, 0.5) is 0 Å². The molecule has 114 valence electrons. The molecule has 0 aromatic carbocycles. The molecule has 1 aliphatic carbocycles. The first-order valence-corrected chi connectivity index (χ1v) is 8.82. The Hall–Kier alpha value is -0.410. The molecule has 6 nitrogen and oxygen atoms in total. The van der Waals surface area contributed by atoms with Crippen molar-refractivity contribution in [1.29, 1.82) is 0 Å². The maximum absolute atomic E-state index is 12.2. The van der Waals surface area contributed by atoms with Crippen molar-refractivity contribution in [2.24, 2.45) is 5.73 Å². The second-order valence-electron chi connectivity index (χ2n) is 5.15. The molecule has 1 unspecified atom stereocenters. The number of hydrogen-bond acceptors (Lipinski definition) is 5. The Bertz CT molecular complexity index is 569. The molecule has 8 heteroatoms. The number of halogens is 1. The molecular weight excluding hydrogens is 346 g/mol. The van der Waals surface area contributed by atoms with Crippen molar-refractivity contribution in [2.75, 3.05) is 13.6 Å². The van der Waals surface area contributed by atoms with Crippen LogP contribution in [0, 0.1) is 0 Å². The van der Waals surface area contributed by atoms with E-state index < -0.39 is 10.0 Å². The van der Waals surface area contributed by atoms with Crippen LogP contribution in [0.15, 0.2) is 20.0 Å². The fourth-order valence-electron chi connectivity index (χ4n) is 1.98. The molecule has 1 aliphatic rings. The summed E-state index contributed by atoms with van der Waals surface area (Å²) in [6, 6.07) is 2.19. The summed E-state index contributed by atoms with van der Waals surface area (Å²) in [6.07, 6.45) is 2.39. The Balaban J connectivity index is 2.01. The van der Waals surface area contributed by atoms with E-state index in [2.05, 4.69) is 25.6 Å². The number of sulfonamides is 1. The van der Waals surface area contributed by atoms with E-state index in [-0.39, 0.29) is 22.2 Å². The highest BCUT2D eigenvalue weighted by Gasteiger charge is 2.30. The Labute approximate surface area is 127 Å². The van der Waals surface area contributed by atoms with Gasteiger partial charge < -0.3 is 10.2 Å². The first-order chi connectivity index (χ1) is 9.35. The maximum Gasteiger partial charge on any atom is 0.245 e. The number of hydrogen-bond donors (Lipinski definition) is 2. The Morgan fingerprint density at radius 3 is 2.75 bits per heavy atom. The summed E-state index contributed by atoms with van der Waals surface area (Å²) in [7, 11) is -1.56. The number of furan rings is 1. The molecule has 0 amide bonds. The normalized spacial score (nSPS) is 17.6. The lowest BCUT2D eigenvalue weighted by atomic mass is 10.3. The molecule has 1 saturated carbocycles. The first kappa shape index (κ1) is 16.0. The first-order valence-electron chi connectivity index (χ1n) is 6.55. The Morgan fingerprint density at radius 2 is 2.25 bits per heavy atom. The molecule has 0 saturated heterocycles. The van der Waals surface area contributed by atoms with Crippen LogP contribution in [0.3, 0.4) is 0 Å². The predicted octanol–water partition coefficient (Wildman–Crippen LogP) is 1.26. The van der Waals surface area contributed by atoms with Crippen molar-refractivity contribution in [2.45, 2.75) is 43.3 Å². The van der Waals surface area contributed by atoms with Gasteiger partial charge in [-0.3, -0.25) is 4.90 Å². The van der Waals surface area contributed by atoms with Crippen LogP contribution in [-0.4, -0.2) is 39.0 Å². The van der Waals surface area contributed by atoms with Crippen molar-refractivity contribution < 1.29 is 12.8 Å². The van der Waals surface area contributed by atoms with Gasteiger partial charge in [0.1, 0.15) is 10.7 Å². The summed E-state index contributed by atoms with van der Waals surface area (Å²) >= 11 is 3.11. The van der Waals surface area contributed by atoms with Gasteiger partial charge in [0.05, 0.1) is 6.54 Å². The number of nitrogens with two attached hydrogens (primary N) is 1. The average molecular weight is 366 g/mol. The minimum absolute atomic E-state index is 0.0965. The minimum atomic E-state index is -3.59. The predicted molar refractivity (Wildman–Crippen MR) is 79.7 cm³/mol. The zero-order valence-electron chi connectivity index (χ0n) is 11.6. The molecule has 0 bridgehead atoms. The zero-order chi connectivity index (χ0) is 14.9. The summed E-state index contributed by atoms with van der Waals surface area (Å²) in [4.78, 5) is 2.30. The lowest BCUT2D eigenvalue weighted by Crippen LogP contribution is -2.41. The molecule has 1 aromatic rings. The van der Waals surface area contributed by atoms with Crippen LogP contribution >= 0.6 is 15.9 Å². The lowest BCUT2D eigenvalue weighted by Gasteiger charge is -2.24. The fourth-order valence-corrected chi connectivity index (χ4v) is 4.09. The molecule has 1 fully saturated rings. The van der Waals surface area contributed by atoms with Crippen LogP contribution in [-0.2, 0) is 16.6 Å². The van der Waals surface area contributed by atoms with Gasteiger partial charge in [0.15, 0.2) is 4.67 Å². The molecule has 0 aliphatic heterocycles. The van der Waals surface area contributed by atoms with Crippen molar-refractivity contribution in [3.63, 3.8) is 0 Å². The van der Waals surface area contributed by atoms with E-state index in [1.165, 1.54) is 18.9 Å². The highest BCUT2D eigenvalue weighted by atomic mass is 79.9. The second-order valence-corrected chi connectivity index (χ2v) is 7.61. The van der Waals surface area contributed by atoms with Gasteiger partial charge in [-0.2, -0.15) is 0 Å². The van der Waals surface area contributed by atoms with E-state index in [1.807, 2.05) is 14.0 Å². The molecule has 1 aromatic heterocycles. The summed E-state index contributed by atoms with van der Waals surface area (Å²) in [5.41, 5.74) is 5.44. The highest BCUT2D eigenvalue weighted by Crippen LogP contribution is 2.28. The SMILES string of the molecule is CC(CNS(=O)(=O)c1cc(CN)oc1Br)N(C)C1CC1. The topological polar surface area (TPSA) is 88.6 Å². The van der Waals surface area contributed by atoms with Crippen LogP contribution in [0.1, 0.15) is 25.5 Å². The van der Waals surface area contributed by atoms with Crippen LogP contribution in [0.2, 0.25) is 0 Å². The zero-order valence-corrected chi connectivity index (χ0v) is 14.0. The number of nitrogens with one attached hydrogen (secondary N) is 1. The third-order valence-corrected chi connectivity index (χ3v) is 5.86. The largest absolute Gasteiger partial charge is 0.452 e. The summed E-state index contributed by atoms with van der Waals surface area (Å²) < 4.78 is 32.5. The lowest BCUT2D eigenvalue weighted by molar-refractivity contribution is 0.248. The van der Waals surface area contributed by atoms with Gasteiger partial charge in [-0.15, -0.1) is 0 Å². The van der Waals surface area contributed by atoms with Crippen molar-refractivity contribution in [3.8, 4) is 0 Å². The van der Waals surface area contributed by atoms with E-state index in [9.17, 15) is 8.42 Å². The molecule has 1 heterocycles. The van der Waals surface area contributed by atoms with Gasteiger partial charge in [0, 0.05) is 24.7 Å². The fraction of sp³-hybridized carbons (Fsp3) is 0.667. The van der Waals surface area contributed by atoms with Gasteiger partial charge in [-0.25, -0.2) is 13.1 Å². The highest BCUT2D eigenvalue weighted by molar-refractivity contribution is 9.10. The van der Waals surface area contributed by atoms with Gasteiger partial charge in [-0.1, -0.05) is 0 Å². The van der Waals surface area contributed by atoms with E-state index in [0.29, 0.717) is 18.3 Å². The molecule has 3 N–H and O–H groups in total. The summed E-state index contributed by atoms with van der Waals surface area (Å²) in [5, 5.41) is 0.